The summed E-state index contributed by atoms with van der Waals surface area (Å²) in [6.45, 7) is 0.842. The van der Waals surface area contributed by atoms with Gasteiger partial charge < -0.3 is 14.8 Å². The van der Waals surface area contributed by atoms with Crippen LogP contribution in [0.3, 0.4) is 0 Å². The Morgan fingerprint density at radius 3 is 2.79 bits per heavy atom. The average Bonchev–Trinajstić information content (AvgIpc) is 3.28. The van der Waals surface area contributed by atoms with Gasteiger partial charge in [-0.15, -0.1) is 0 Å². The average molecular weight is 412 g/mol. The van der Waals surface area contributed by atoms with Gasteiger partial charge in [-0.1, -0.05) is 48.2 Å². The van der Waals surface area contributed by atoms with Crippen LogP contribution in [-0.4, -0.2) is 40.9 Å². The topological polar surface area (TPSA) is 67.9 Å². The number of nitrogens with zero attached hydrogens (tertiary/aromatic N) is 1. The standard InChI is InChI=1S/C20H16N2O4S2/c23-18(14-4-2-1-3-5-14)21-8-9-22-19(24)17(28-20(22)27)11-13-6-7-15-16(10-13)26-12-25-15/h1-7,10-11H,8-9,12H2,(H,21,23)/b17-11+. The van der Waals surface area contributed by atoms with Crippen molar-refractivity contribution in [3.63, 3.8) is 0 Å². The molecule has 2 aliphatic rings. The second-order valence-electron chi connectivity index (χ2n) is 6.07. The molecule has 1 N–H and O–H groups in total. The third-order valence-electron chi connectivity index (χ3n) is 4.22. The van der Waals surface area contributed by atoms with Crippen molar-refractivity contribution >= 4 is 46.2 Å². The van der Waals surface area contributed by atoms with Crippen LogP contribution >= 0.6 is 24.0 Å². The normalized spacial score (nSPS) is 16.7. The lowest BCUT2D eigenvalue weighted by molar-refractivity contribution is -0.122. The number of hydrogen-bond acceptors (Lipinski definition) is 6. The van der Waals surface area contributed by atoms with Crippen LogP contribution < -0.4 is 14.8 Å². The number of amides is 2. The van der Waals surface area contributed by atoms with Crippen molar-refractivity contribution in [2.45, 2.75) is 0 Å². The first-order chi connectivity index (χ1) is 13.6. The molecule has 0 aliphatic carbocycles. The number of carbonyl (C=O) groups excluding carboxylic acids is 2. The molecule has 0 unspecified atom stereocenters. The molecule has 4 rings (SSSR count). The first kappa shape index (κ1) is 18.5. The number of fused-ring (bicyclic) bond motifs is 1. The largest absolute Gasteiger partial charge is 0.454 e. The molecule has 2 aromatic carbocycles. The van der Waals surface area contributed by atoms with Gasteiger partial charge in [0, 0.05) is 18.7 Å². The third-order valence-corrected chi connectivity index (χ3v) is 5.60. The maximum Gasteiger partial charge on any atom is 0.266 e. The zero-order valence-corrected chi connectivity index (χ0v) is 16.3. The molecule has 2 heterocycles. The molecule has 2 aromatic rings. The zero-order valence-electron chi connectivity index (χ0n) is 14.7. The Balaban J connectivity index is 1.38. The second kappa shape index (κ2) is 8.04. The van der Waals surface area contributed by atoms with Gasteiger partial charge in [-0.05, 0) is 35.9 Å². The molecule has 8 heteroatoms. The number of thioether (sulfide) groups is 1. The molecular weight excluding hydrogens is 396 g/mol. The number of carbonyl (C=O) groups is 2. The molecule has 2 aliphatic heterocycles. The maximum atomic E-state index is 12.7. The minimum Gasteiger partial charge on any atom is -0.454 e. The van der Waals surface area contributed by atoms with Gasteiger partial charge in [-0.3, -0.25) is 14.5 Å². The van der Waals surface area contributed by atoms with Crippen molar-refractivity contribution in [3.8, 4) is 11.5 Å². The van der Waals surface area contributed by atoms with E-state index in [0.29, 0.717) is 39.4 Å². The highest BCUT2D eigenvalue weighted by Crippen LogP contribution is 2.36. The molecule has 142 valence electrons. The third kappa shape index (κ3) is 3.88. The van der Waals surface area contributed by atoms with Crippen LogP contribution in [0.4, 0.5) is 0 Å². The number of nitrogens with one attached hydrogen (secondary N) is 1. The Bertz CT molecular complexity index is 975. The fourth-order valence-electron chi connectivity index (χ4n) is 2.82. The summed E-state index contributed by atoms with van der Waals surface area (Å²) in [5.41, 5.74) is 1.41. The van der Waals surface area contributed by atoms with Crippen molar-refractivity contribution < 1.29 is 19.1 Å². The van der Waals surface area contributed by atoms with Crippen LogP contribution in [0.1, 0.15) is 15.9 Å². The Morgan fingerprint density at radius 1 is 1.18 bits per heavy atom. The first-order valence-electron chi connectivity index (χ1n) is 8.60. The molecule has 0 atom stereocenters. The van der Waals surface area contributed by atoms with E-state index in [2.05, 4.69) is 5.32 Å². The quantitative estimate of drug-likeness (QED) is 0.601. The van der Waals surface area contributed by atoms with E-state index >= 15 is 0 Å². The minimum absolute atomic E-state index is 0.165. The number of thiocarbonyl (C=S) groups is 1. The fraction of sp³-hybridized carbons (Fsp3) is 0.150. The van der Waals surface area contributed by atoms with Gasteiger partial charge >= 0.3 is 0 Å². The van der Waals surface area contributed by atoms with Gasteiger partial charge in [0.15, 0.2) is 11.5 Å². The Kier molecular flexibility index (Phi) is 5.31. The monoisotopic (exact) mass is 412 g/mol. The molecule has 0 saturated carbocycles. The fourth-order valence-corrected chi connectivity index (χ4v) is 4.13. The lowest BCUT2D eigenvalue weighted by Crippen LogP contribution is -2.37. The molecule has 0 bridgehead atoms. The zero-order chi connectivity index (χ0) is 19.5. The molecule has 0 spiro atoms. The van der Waals surface area contributed by atoms with Gasteiger partial charge in [0.1, 0.15) is 4.32 Å². The summed E-state index contributed by atoms with van der Waals surface area (Å²) in [5, 5.41) is 2.81. The summed E-state index contributed by atoms with van der Waals surface area (Å²) in [7, 11) is 0. The van der Waals surface area contributed by atoms with E-state index in [1.165, 1.54) is 16.7 Å². The van der Waals surface area contributed by atoms with Crippen molar-refractivity contribution in [3.05, 3.63) is 64.6 Å². The molecule has 1 fully saturated rings. The van der Waals surface area contributed by atoms with E-state index in [0.717, 1.165) is 5.56 Å². The van der Waals surface area contributed by atoms with Gasteiger partial charge in [0.05, 0.1) is 4.91 Å². The van der Waals surface area contributed by atoms with Crippen molar-refractivity contribution in [2.75, 3.05) is 19.9 Å². The summed E-state index contributed by atoms with van der Waals surface area (Å²) in [6.07, 6.45) is 1.78. The Hall–Kier alpha value is -2.84. The minimum atomic E-state index is -0.179. The van der Waals surface area contributed by atoms with Crippen LogP contribution in [0.25, 0.3) is 6.08 Å². The van der Waals surface area contributed by atoms with Gasteiger partial charge in [0.2, 0.25) is 6.79 Å². The van der Waals surface area contributed by atoms with E-state index in [9.17, 15) is 9.59 Å². The number of benzene rings is 2. The predicted molar refractivity (Wildman–Crippen MR) is 111 cm³/mol. The van der Waals surface area contributed by atoms with Crippen LogP contribution in [-0.2, 0) is 4.79 Å². The smallest absolute Gasteiger partial charge is 0.266 e. The summed E-state index contributed by atoms with van der Waals surface area (Å²) >= 11 is 6.58. The second-order valence-corrected chi connectivity index (χ2v) is 7.74. The summed E-state index contributed by atoms with van der Waals surface area (Å²) in [5.74, 6) is 1.01. The number of rotatable bonds is 5. The van der Waals surface area contributed by atoms with Crippen LogP contribution in [0.2, 0.25) is 0 Å². The maximum absolute atomic E-state index is 12.7. The SMILES string of the molecule is O=C(NCCN1C(=O)/C(=C\c2ccc3c(c2)OCO3)SC1=S)c1ccccc1. The van der Waals surface area contributed by atoms with E-state index in [1.807, 2.05) is 24.3 Å². The van der Waals surface area contributed by atoms with Gasteiger partial charge in [0.25, 0.3) is 11.8 Å². The van der Waals surface area contributed by atoms with Gasteiger partial charge in [-0.25, -0.2) is 0 Å². The predicted octanol–water partition coefficient (Wildman–Crippen LogP) is 3.05. The number of hydrogen-bond donors (Lipinski definition) is 1. The molecule has 1 saturated heterocycles. The van der Waals surface area contributed by atoms with Crippen molar-refractivity contribution in [1.82, 2.24) is 10.2 Å². The highest BCUT2D eigenvalue weighted by molar-refractivity contribution is 8.26. The lowest BCUT2D eigenvalue weighted by atomic mass is 10.2. The highest BCUT2D eigenvalue weighted by atomic mass is 32.2. The van der Waals surface area contributed by atoms with E-state index in [4.69, 9.17) is 21.7 Å². The van der Waals surface area contributed by atoms with Crippen molar-refractivity contribution in [1.29, 1.82) is 0 Å². The molecule has 0 aromatic heterocycles. The molecule has 28 heavy (non-hydrogen) atoms. The summed E-state index contributed by atoms with van der Waals surface area (Å²) < 4.78 is 11.1. The van der Waals surface area contributed by atoms with E-state index in [1.54, 1.807) is 30.3 Å². The Labute approximate surface area is 171 Å². The molecule has 6 nitrogen and oxygen atoms in total. The van der Waals surface area contributed by atoms with Crippen LogP contribution in [0.15, 0.2) is 53.4 Å². The van der Waals surface area contributed by atoms with E-state index < -0.39 is 0 Å². The lowest BCUT2D eigenvalue weighted by Gasteiger charge is -2.14. The summed E-state index contributed by atoms with van der Waals surface area (Å²) in [6, 6.07) is 14.4. The van der Waals surface area contributed by atoms with Gasteiger partial charge in [-0.2, -0.15) is 0 Å². The number of ether oxygens (including phenoxy) is 2. The molecular formula is C20H16N2O4S2. The highest BCUT2D eigenvalue weighted by Gasteiger charge is 2.31. The van der Waals surface area contributed by atoms with E-state index in [-0.39, 0.29) is 18.6 Å². The summed E-state index contributed by atoms with van der Waals surface area (Å²) in [4.78, 5) is 26.8. The van der Waals surface area contributed by atoms with Crippen LogP contribution in [0, 0.1) is 0 Å². The Morgan fingerprint density at radius 2 is 1.96 bits per heavy atom. The van der Waals surface area contributed by atoms with Crippen molar-refractivity contribution in [2.24, 2.45) is 0 Å². The molecule has 2 amide bonds. The van der Waals surface area contributed by atoms with Crippen LogP contribution in [0.5, 0.6) is 11.5 Å². The molecule has 0 radical (unpaired) electrons. The first-order valence-corrected chi connectivity index (χ1v) is 9.82.